The van der Waals surface area contributed by atoms with Gasteiger partial charge in [-0.15, -0.1) is 21.5 Å². The normalized spacial score (nSPS) is 14.6. The molecule has 25 heavy (non-hydrogen) atoms. The maximum Gasteiger partial charge on any atom is 0.271 e. The van der Waals surface area contributed by atoms with Crippen molar-refractivity contribution in [2.45, 2.75) is 36.3 Å². The summed E-state index contributed by atoms with van der Waals surface area (Å²) in [6, 6.07) is 10.6. The van der Waals surface area contributed by atoms with Crippen molar-refractivity contribution in [1.29, 1.82) is 0 Å². The summed E-state index contributed by atoms with van der Waals surface area (Å²) in [5, 5.41) is 8.06. The van der Waals surface area contributed by atoms with Crippen LogP contribution in [0.4, 0.5) is 5.69 Å². The van der Waals surface area contributed by atoms with E-state index in [9.17, 15) is 8.42 Å². The van der Waals surface area contributed by atoms with Crippen LogP contribution in [0.15, 0.2) is 45.0 Å². The van der Waals surface area contributed by atoms with Crippen LogP contribution < -0.4 is 4.72 Å². The van der Waals surface area contributed by atoms with E-state index in [1.807, 2.05) is 12.1 Å². The number of anilines is 1. The van der Waals surface area contributed by atoms with Crippen molar-refractivity contribution in [3.63, 3.8) is 0 Å². The summed E-state index contributed by atoms with van der Waals surface area (Å²) in [7, 11) is -3.64. The largest absolute Gasteiger partial charge is 0.420 e. The molecule has 1 saturated carbocycles. The van der Waals surface area contributed by atoms with Crippen molar-refractivity contribution in [3.05, 3.63) is 47.9 Å². The number of benzene rings is 1. The van der Waals surface area contributed by atoms with E-state index in [1.165, 1.54) is 0 Å². The Morgan fingerprint density at radius 2 is 1.92 bits per heavy atom. The Morgan fingerprint density at radius 3 is 2.60 bits per heavy atom. The molecule has 1 aliphatic carbocycles. The monoisotopic (exact) mass is 375 g/mol. The zero-order valence-corrected chi connectivity index (χ0v) is 15.2. The molecule has 1 aliphatic rings. The highest BCUT2D eigenvalue weighted by Gasteiger charge is 2.30. The van der Waals surface area contributed by atoms with Gasteiger partial charge in [0.2, 0.25) is 5.89 Å². The Kier molecular flexibility index (Phi) is 4.09. The van der Waals surface area contributed by atoms with Gasteiger partial charge in [-0.1, -0.05) is 19.1 Å². The highest BCUT2D eigenvalue weighted by Crippen LogP contribution is 2.40. The molecule has 0 spiro atoms. The third kappa shape index (κ3) is 3.45. The Bertz CT molecular complexity index is 986. The molecule has 0 bridgehead atoms. The van der Waals surface area contributed by atoms with Crippen LogP contribution in [0.2, 0.25) is 0 Å². The smallest absolute Gasteiger partial charge is 0.271 e. The van der Waals surface area contributed by atoms with E-state index < -0.39 is 10.0 Å². The van der Waals surface area contributed by atoms with E-state index in [4.69, 9.17) is 4.42 Å². The lowest BCUT2D eigenvalue weighted by molar-refractivity contribution is 0.509. The lowest BCUT2D eigenvalue weighted by Crippen LogP contribution is -2.11. The van der Waals surface area contributed by atoms with E-state index in [-0.39, 0.29) is 4.21 Å². The molecule has 0 saturated heterocycles. The number of aromatic nitrogens is 2. The van der Waals surface area contributed by atoms with Crippen molar-refractivity contribution in [2.75, 3.05) is 4.72 Å². The van der Waals surface area contributed by atoms with Crippen LogP contribution in [0.1, 0.15) is 37.1 Å². The fraction of sp³-hybridized carbons (Fsp3) is 0.294. The lowest BCUT2D eigenvalue weighted by atomic mass is 10.2. The van der Waals surface area contributed by atoms with Crippen molar-refractivity contribution in [3.8, 4) is 10.8 Å². The molecule has 0 atom stereocenters. The third-order valence-electron chi connectivity index (χ3n) is 4.04. The maximum absolute atomic E-state index is 12.6. The van der Waals surface area contributed by atoms with Crippen LogP contribution >= 0.6 is 11.3 Å². The van der Waals surface area contributed by atoms with Crippen LogP contribution in [0.3, 0.4) is 0 Å². The van der Waals surface area contributed by atoms with Gasteiger partial charge in [0.15, 0.2) is 0 Å². The molecule has 8 heteroatoms. The van der Waals surface area contributed by atoms with E-state index in [0.29, 0.717) is 28.3 Å². The van der Waals surface area contributed by atoms with Gasteiger partial charge in [-0.3, -0.25) is 4.72 Å². The van der Waals surface area contributed by atoms with Crippen molar-refractivity contribution in [2.24, 2.45) is 0 Å². The quantitative estimate of drug-likeness (QED) is 0.703. The second-order valence-electron chi connectivity index (χ2n) is 5.99. The average Bonchev–Trinajstić information content (AvgIpc) is 3.12. The summed E-state index contributed by atoms with van der Waals surface area (Å²) in [6.07, 6.45) is 3.06. The molecule has 1 fully saturated rings. The van der Waals surface area contributed by atoms with Crippen molar-refractivity contribution >= 4 is 27.0 Å². The average molecular weight is 375 g/mol. The van der Waals surface area contributed by atoms with Crippen LogP contribution in [0.5, 0.6) is 0 Å². The summed E-state index contributed by atoms with van der Waals surface area (Å²) in [5.74, 6) is 1.39. The first-order valence-electron chi connectivity index (χ1n) is 8.10. The molecular weight excluding hydrogens is 358 g/mol. The molecule has 2 heterocycles. The molecule has 4 rings (SSSR count). The van der Waals surface area contributed by atoms with Crippen LogP contribution in [0.25, 0.3) is 10.8 Å². The van der Waals surface area contributed by atoms with E-state index in [1.54, 1.807) is 24.3 Å². The first-order valence-corrected chi connectivity index (χ1v) is 10.4. The Hall–Kier alpha value is -2.19. The Labute approximate surface area is 150 Å². The van der Waals surface area contributed by atoms with Gasteiger partial charge in [-0.05, 0) is 49.1 Å². The first-order chi connectivity index (χ1) is 12.0. The van der Waals surface area contributed by atoms with Gasteiger partial charge in [0.25, 0.3) is 15.9 Å². The first kappa shape index (κ1) is 16.3. The zero-order chi connectivity index (χ0) is 17.4. The number of nitrogens with zero attached hydrogens (tertiary/aromatic N) is 2. The minimum atomic E-state index is -3.64. The molecule has 2 aromatic heterocycles. The van der Waals surface area contributed by atoms with Gasteiger partial charge >= 0.3 is 0 Å². The van der Waals surface area contributed by atoms with E-state index >= 15 is 0 Å². The third-order valence-corrected chi connectivity index (χ3v) is 6.98. The molecule has 0 aliphatic heterocycles. The zero-order valence-electron chi connectivity index (χ0n) is 13.6. The highest BCUT2D eigenvalue weighted by atomic mass is 32.2. The summed E-state index contributed by atoms with van der Waals surface area (Å²) in [6.45, 7) is 2.05. The molecule has 6 nitrogen and oxygen atoms in total. The molecule has 0 radical (unpaired) electrons. The number of sulfonamides is 1. The van der Waals surface area contributed by atoms with Gasteiger partial charge < -0.3 is 4.42 Å². The molecule has 1 N–H and O–H groups in total. The molecule has 1 aromatic carbocycles. The standard InChI is InChI=1S/C17H17N3O3S2/c1-2-11-3-7-13(8-4-11)20-25(21,22)15-10-9-14(24-15)17-19-18-16(23-17)12-5-6-12/h3-4,7-10,12,20H,2,5-6H2,1H3. The van der Waals surface area contributed by atoms with Gasteiger partial charge in [0.1, 0.15) is 4.21 Å². The van der Waals surface area contributed by atoms with E-state index in [2.05, 4.69) is 21.8 Å². The number of aryl methyl sites for hydroxylation is 1. The Morgan fingerprint density at radius 1 is 1.16 bits per heavy atom. The fourth-order valence-electron chi connectivity index (χ4n) is 2.42. The second-order valence-corrected chi connectivity index (χ2v) is 8.99. The number of rotatable bonds is 6. The second kappa shape index (κ2) is 6.27. The minimum Gasteiger partial charge on any atom is -0.420 e. The maximum atomic E-state index is 12.6. The number of hydrogen-bond acceptors (Lipinski definition) is 6. The number of nitrogens with one attached hydrogen (secondary N) is 1. The minimum absolute atomic E-state index is 0.216. The summed E-state index contributed by atoms with van der Waals surface area (Å²) in [5.41, 5.74) is 1.70. The van der Waals surface area contributed by atoms with Gasteiger partial charge in [0.05, 0.1) is 4.88 Å². The fourth-order valence-corrected chi connectivity index (χ4v) is 4.71. The van der Waals surface area contributed by atoms with Gasteiger partial charge in [-0.2, -0.15) is 0 Å². The van der Waals surface area contributed by atoms with Crippen molar-refractivity contribution in [1.82, 2.24) is 10.2 Å². The molecule has 3 aromatic rings. The predicted octanol–water partition coefficient (Wildman–Crippen LogP) is 4.04. The predicted molar refractivity (Wildman–Crippen MR) is 96.2 cm³/mol. The molecule has 0 unspecified atom stereocenters. The number of thiophene rings is 1. The topological polar surface area (TPSA) is 85.1 Å². The summed E-state index contributed by atoms with van der Waals surface area (Å²) < 4.78 is 33.6. The van der Waals surface area contributed by atoms with Crippen LogP contribution in [-0.2, 0) is 16.4 Å². The van der Waals surface area contributed by atoms with Gasteiger partial charge in [-0.25, -0.2) is 8.42 Å². The van der Waals surface area contributed by atoms with Crippen LogP contribution in [-0.4, -0.2) is 18.6 Å². The van der Waals surface area contributed by atoms with E-state index in [0.717, 1.165) is 36.2 Å². The van der Waals surface area contributed by atoms with Crippen LogP contribution in [0, 0.1) is 0 Å². The molecular formula is C17H17N3O3S2. The van der Waals surface area contributed by atoms with Gasteiger partial charge in [0, 0.05) is 11.6 Å². The molecule has 130 valence electrons. The summed E-state index contributed by atoms with van der Waals surface area (Å²) >= 11 is 1.12. The number of hydrogen-bond donors (Lipinski definition) is 1. The SMILES string of the molecule is CCc1ccc(NS(=O)(=O)c2ccc(-c3nnc(C4CC4)o3)s2)cc1. The molecule has 0 amide bonds. The van der Waals surface area contributed by atoms with Crippen molar-refractivity contribution < 1.29 is 12.8 Å². The summed E-state index contributed by atoms with van der Waals surface area (Å²) in [4.78, 5) is 0.654. The highest BCUT2D eigenvalue weighted by molar-refractivity contribution is 7.94. The lowest BCUT2D eigenvalue weighted by Gasteiger charge is -2.06. The Balaban J connectivity index is 1.54.